The fraction of sp³-hybridized carbons (Fsp3) is 0.385. The molecule has 0 aliphatic rings. The number of nitro groups is 1. The number of carbonyl (C=O) groups is 2. The van der Waals surface area contributed by atoms with Crippen LogP contribution in [0.4, 0.5) is 11.4 Å². The Morgan fingerprint density at radius 3 is 2.81 bits per heavy atom. The number of anilines is 1. The zero-order valence-corrected chi connectivity index (χ0v) is 11.9. The number of nitrogens with zero attached hydrogens (tertiary/aromatic N) is 2. The molecule has 0 aliphatic carbocycles. The summed E-state index contributed by atoms with van der Waals surface area (Å²) in [6, 6.07) is 4.12. The highest BCUT2D eigenvalue weighted by molar-refractivity contribution is 5.85. The molecule has 0 bridgehead atoms. The van der Waals surface area contributed by atoms with Crippen molar-refractivity contribution in [1.29, 1.82) is 0 Å². The lowest BCUT2D eigenvalue weighted by Gasteiger charge is -2.19. The van der Waals surface area contributed by atoms with Crippen LogP contribution in [0.5, 0.6) is 0 Å². The zero-order chi connectivity index (χ0) is 15.8. The Bertz CT molecular complexity index is 533. The second kappa shape index (κ2) is 7.95. The van der Waals surface area contributed by atoms with Gasteiger partial charge in [0.15, 0.2) is 6.29 Å². The number of nitrogens with one attached hydrogen (secondary N) is 1. The van der Waals surface area contributed by atoms with Crippen LogP contribution in [0, 0.1) is 10.1 Å². The van der Waals surface area contributed by atoms with Gasteiger partial charge in [0, 0.05) is 32.5 Å². The van der Waals surface area contributed by atoms with Crippen LogP contribution in [0.2, 0.25) is 0 Å². The molecule has 0 radical (unpaired) electrons. The highest BCUT2D eigenvalue weighted by atomic mass is 16.6. The Morgan fingerprint density at radius 2 is 2.24 bits per heavy atom. The average molecular weight is 295 g/mol. The van der Waals surface area contributed by atoms with Crippen LogP contribution in [-0.4, -0.2) is 51.0 Å². The van der Waals surface area contributed by atoms with Crippen LogP contribution in [0.25, 0.3) is 0 Å². The zero-order valence-electron chi connectivity index (χ0n) is 11.9. The van der Waals surface area contributed by atoms with Gasteiger partial charge in [-0.1, -0.05) is 0 Å². The van der Waals surface area contributed by atoms with Crippen LogP contribution in [-0.2, 0) is 9.53 Å². The van der Waals surface area contributed by atoms with Crippen molar-refractivity contribution in [3.63, 3.8) is 0 Å². The quantitative estimate of drug-likeness (QED) is 0.326. The number of nitro benzene ring substituents is 1. The molecule has 8 nitrogen and oxygen atoms in total. The molecule has 21 heavy (non-hydrogen) atoms. The molecule has 1 aromatic rings. The molecular formula is C13H17N3O5. The Kier molecular flexibility index (Phi) is 6.28. The molecule has 0 aromatic heterocycles. The Hall–Kier alpha value is -2.48. The predicted octanol–water partition coefficient (Wildman–Crippen LogP) is 0.606. The predicted molar refractivity (Wildman–Crippen MR) is 76.6 cm³/mol. The van der Waals surface area contributed by atoms with E-state index in [0.717, 1.165) is 0 Å². The molecule has 114 valence electrons. The highest BCUT2D eigenvalue weighted by Crippen LogP contribution is 2.22. The lowest BCUT2D eigenvalue weighted by molar-refractivity contribution is -0.385. The number of methoxy groups -OCH3 is 1. The van der Waals surface area contributed by atoms with Crippen molar-refractivity contribution in [3.8, 4) is 0 Å². The first kappa shape index (κ1) is 16.6. The summed E-state index contributed by atoms with van der Waals surface area (Å²) in [6.07, 6.45) is 0.425. The molecule has 0 atom stereocenters. The first-order valence-electron chi connectivity index (χ1n) is 6.20. The minimum Gasteiger partial charge on any atom is -0.383 e. The van der Waals surface area contributed by atoms with E-state index >= 15 is 0 Å². The summed E-state index contributed by atoms with van der Waals surface area (Å²) in [5.74, 6) is -0.208. The standard InChI is InChI=1S/C13H17N3O5/c1-15(8-13(18)14-5-6-21-2)11-3-4-12(16(19)20)10(7-11)9-17/h3-4,7,9H,5-6,8H2,1-2H3,(H,14,18). The van der Waals surface area contributed by atoms with Gasteiger partial charge in [0.1, 0.15) is 0 Å². The monoisotopic (exact) mass is 295 g/mol. The van der Waals surface area contributed by atoms with Crippen molar-refractivity contribution >= 4 is 23.6 Å². The van der Waals surface area contributed by atoms with Crippen LogP contribution in [0.1, 0.15) is 10.4 Å². The third kappa shape index (κ3) is 4.84. The van der Waals surface area contributed by atoms with E-state index in [4.69, 9.17) is 4.74 Å². The van der Waals surface area contributed by atoms with Gasteiger partial charge in [0.25, 0.3) is 5.69 Å². The summed E-state index contributed by atoms with van der Waals surface area (Å²) in [7, 11) is 3.20. The van der Waals surface area contributed by atoms with Crippen LogP contribution in [0.3, 0.4) is 0 Å². The third-order valence-corrected chi connectivity index (χ3v) is 2.78. The number of benzene rings is 1. The topological polar surface area (TPSA) is 102 Å². The second-order valence-electron chi connectivity index (χ2n) is 4.32. The van der Waals surface area contributed by atoms with E-state index in [2.05, 4.69) is 5.32 Å². The van der Waals surface area contributed by atoms with Gasteiger partial charge in [0.05, 0.1) is 23.6 Å². The number of rotatable bonds is 8. The lowest BCUT2D eigenvalue weighted by atomic mass is 10.1. The van der Waals surface area contributed by atoms with Crippen LogP contribution >= 0.6 is 0 Å². The van der Waals surface area contributed by atoms with Crippen LogP contribution in [0.15, 0.2) is 18.2 Å². The third-order valence-electron chi connectivity index (χ3n) is 2.78. The van der Waals surface area contributed by atoms with Gasteiger partial charge in [-0.3, -0.25) is 19.7 Å². The van der Waals surface area contributed by atoms with Crippen molar-refractivity contribution in [3.05, 3.63) is 33.9 Å². The lowest BCUT2D eigenvalue weighted by Crippen LogP contribution is -2.36. The van der Waals surface area contributed by atoms with Gasteiger partial charge in [-0.25, -0.2) is 0 Å². The van der Waals surface area contributed by atoms with E-state index in [0.29, 0.717) is 25.1 Å². The summed E-state index contributed by atoms with van der Waals surface area (Å²) < 4.78 is 4.82. The van der Waals surface area contributed by atoms with E-state index in [-0.39, 0.29) is 23.7 Å². The Balaban J connectivity index is 2.74. The van der Waals surface area contributed by atoms with Gasteiger partial charge in [-0.15, -0.1) is 0 Å². The summed E-state index contributed by atoms with van der Waals surface area (Å²) in [4.78, 5) is 34.3. The number of amides is 1. The fourth-order valence-electron chi connectivity index (χ4n) is 1.70. The molecule has 0 spiro atoms. The molecule has 1 aromatic carbocycles. The van der Waals surface area contributed by atoms with E-state index in [9.17, 15) is 19.7 Å². The van der Waals surface area contributed by atoms with Gasteiger partial charge >= 0.3 is 0 Å². The van der Waals surface area contributed by atoms with E-state index in [1.807, 2.05) is 0 Å². The Labute approximate surface area is 121 Å². The van der Waals surface area contributed by atoms with Gasteiger partial charge < -0.3 is 15.0 Å². The molecule has 0 saturated carbocycles. The minimum absolute atomic E-state index is 0.0239. The maximum atomic E-state index is 11.6. The number of carbonyl (C=O) groups excluding carboxylic acids is 2. The first-order chi connectivity index (χ1) is 9.99. The van der Waals surface area contributed by atoms with Gasteiger partial charge in [-0.2, -0.15) is 0 Å². The number of likely N-dealkylation sites (N-methyl/N-ethyl adjacent to an activating group) is 1. The maximum Gasteiger partial charge on any atom is 0.280 e. The number of ether oxygens (including phenoxy) is 1. The van der Waals surface area contributed by atoms with Crippen molar-refractivity contribution in [2.45, 2.75) is 0 Å². The minimum atomic E-state index is -0.620. The van der Waals surface area contributed by atoms with Crippen molar-refractivity contribution in [2.24, 2.45) is 0 Å². The molecule has 0 aliphatic heterocycles. The molecule has 1 amide bonds. The molecular weight excluding hydrogens is 278 g/mol. The van der Waals surface area contributed by atoms with Gasteiger partial charge in [0.2, 0.25) is 5.91 Å². The fourth-order valence-corrected chi connectivity index (χ4v) is 1.70. The molecule has 0 heterocycles. The number of hydrogen-bond donors (Lipinski definition) is 1. The smallest absolute Gasteiger partial charge is 0.280 e. The van der Waals surface area contributed by atoms with Crippen LogP contribution < -0.4 is 10.2 Å². The Morgan fingerprint density at radius 1 is 1.52 bits per heavy atom. The number of hydrogen-bond acceptors (Lipinski definition) is 6. The van der Waals surface area contributed by atoms with E-state index in [1.54, 1.807) is 11.9 Å². The molecule has 1 N–H and O–H groups in total. The summed E-state index contributed by atoms with van der Waals surface area (Å²) >= 11 is 0. The summed E-state index contributed by atoms with van der Waals surface area (Å²) in [5.41, 5.74) is 0.264. The second-order valence-corrected chi connectivity index (χ2v) is 4.32. The average Bonchev–Trinajstić information content (AvgIpc) is 2.46. The highest BCUT2D eigenvalue weighted by Gasteiger charge is 2.15. The summed E-state index contributed by atoms with van der Waals surface area (Å²) in [5, 5.41) is 13.4. The summed E-state index contributed by atoms with van der Waals surface area (Å²) in [6.45, 7) is 0.894. The molecule has 0 saturated heterocycles. The maximum absolute atomic E-state index is 11.6. The van der Waals surface area contributed by atoms with Gasteiger partial charge in [-0.05, 0) is 12.1 Å². The number of aldehydes is 1. The SMILES string of the molecule is COCCNC(=O)CN(C)c1ccc([N+](=O)[O-])c(C=O)c1. The molecule has 0 unspecified atom stereocenters. The molecule has 8 heteroatoms. The normalized spacial score (nSPS) is 10.0. The largest absolute Gasteiger partial charge is 0.383 e. The first-order valence-corrected chi connectivity index (χ1v) is 6.20. The van der Waals surface area contributed by atoms with Crippen molar-refractivity contribution in [1.82, 2.24) is 5.32 Å². The molecule has 0 fully saturated rings. The van der Waals surface area contributed by atoms with E-state index < -0.39 is 4.92 Å². The van der Waals surface area contributed by atoms with Crippen molar-refractivity contribution < 1.29 is 19.2 Å². The molecule has 1 rings (SSSR count). The van der Waals surface area contributed by atoms with E-state index in [1.165, 1.54) is 25.3 Å². The van der Waals surface area contributed by atoms with Crippen molar-refractivity contribution in [2.75, 3.05) is 38.8 Å².